The number of alkyl halides is 3. The first kappa shape index (κ1) is 20.9. The normalized spacial score (nSPS) is 9.36. The van der Waals surface area contributed by atoms with Crippen LogP contribution in [-0.4, -0.2) is 24.5 Å². The summed E-state index contributed by atoms with van der Waals surface area (Å²) in [6, 6.07) is 4.87. The van der Waals surface area contributed by atoms with E-state index in [0.29, 0.717) is 0 Å². The van der Waals surface area contributed by atoms with Gasteiger partial charge in [0.15, 0.2) is 26.1 Å². The maximum Gasteiger partial charge on any atom is 0.249 e. The lowest BCUT2D eigenvalue weighted by molar-refractivity contribution is 0.472. The molecule has 122 valence electrons. The van der Waals surface area contributed by atoms with Gasteiger partial charge in [-0.3, -0.25) is 9.59 Å². The number of nitrogens with one attached hydrogen (secondary N) is 2. The average molecular weight is 410 g/mol. The van der Waals surface area contributed by atoms with E-state index in [4.69, 9.17) is 68.2 Å². The van der Waals surface area contributed by atoms with Crippen molar-refractivity contribution in [2.45, 2.75) is 4.30 Å². The molecule has 2 rings (SSSR count). The third-order valence-corrected chi connectivity index (χ3v) is 2.28. The van der Waals surface area contributed by atoms with Crippen LogP contribution in [0.2, 0.25) is 10.3 Å². The third-order valence-electron chi connectivity index (χ3n) is 1.70. The molecule has 0 atom stereocenters. The molecule has 0 spiro atoms. The minimum Gasteiger partial charge on any atom is -0.505 e. The SMILES string of the molecule is ClC(Cl)Cl.O=c1ccc(O)c(Cl)[nH]1.O=c1ccc(O)c(Cl)[nH]1. The zero-order valence-corrected chi connectivity index (χ0v) is 14.3. The van der Waals surface area contributed by atoms with Crippen LogP contribution in [0.3, 0.4) is 0 Å². The number of rotatable bonds is 0. The van der Waals surface area contributed by atoms with Crippen LogP contribution in [0.15, 0.2) is 33.9 Å². The average Bonchev–Trinajstić information content (AvgIpc) is 2.39. The van der Waals surface area contributed by atoms with Gasteiger partial charge in [-0.05, 0) is 12.1 Å². The second-order valence-corrected chi connectivity index (χ2v) is 6.03. The molecular formula is C11H9Cl5N2O4. The monoisotopic (exact) mass is 408 g/mol. The maximum atomic E-state index is 10.4. The largest absolute Gasteiger partial charge is 0.505 e. The van der Waals surface area contributed by atoms with Gasteiger partial charge in [0.1, 0.15) is 0 Å². The lowest BCUT2D eigenvalue weighted by Gasteiger charge is -1.90. The summed E-state index contributed by atoms with van der Waals surface area (Å²) in [6.07, 6.45) is 0. The van der Waals surface area contributed by atoms with Gasteiger partial charge in [0.05, 0.1) is 0 Å². The van der Waals surface area contributed by atoms with Crippen LogP contribution in [0.4, 0.5) is 0 Å². The van der Waals surface area contributed by atoms with Crippen molar-refractivity contribution in [2.75, 3.05) is 0 Å². The van der Waals surface area contributed by atoms with Gasteiger partial charge < -0.3 is 20.2 Å². The van der Waals surface area contributed by atoms with Gasteiger partial charge in [-0.15, -0.1) is 0 Å². The second-order valence-electron chi connectivity index (χ2n) is 3.29. The molecule has 0 fully saturated rings. The Balaban J connectivity index is 0.000000326. The minimum atomic E-state index is -0.750. The summed E-state index contributed by atoms with van der Waals surface area (Å²) in [7, 11) is 0. The molecule has 0 aliphatic heterocycles. The topological polar surface area (TPSA) is 106 Å². The van der Waals surface area contributed by atoms with E-state index in [2.05, 4.69) is 9.97 Å². The Hall–Kier alpha value is -1.05. The van der Waals surface area contributed by atoms with Crippen LogP contribution in [0.5, 0.6) is 11.5 Å². The van der Waals surface area contributed by atoms with Crippen molar-refractivity contribution in [3.8, 4) is 11.5 Å². The van der Waals surface area contributed by atoms with Crippen molar-refractivity contribution >= 4 is 58.0 Å². The smallest absolute Gasteiger partial charge is 0.249 e. The molecule has 0 aliphatic rings. The molecule has 0 aromatic carbocycles. The summed E-state index contributed by atoms with van der Waals surface area (Å²) in [5, 5.41) is 17.4. The van der Waals surface area contributed by atoms with Crippen LogP contribution in [0.1, 0.15) is 0 Å². The summed E-state index contributed by atoms with van der Waals surface area (Å²) >= 11 is 25.0. The highest BCUT2D eigenvalue weighted by molar-refractivity contribution is 6.63. The van der Waals surface area contributed by atoms with E-state index in [1.54, 1.807) is 0 Å². The van der Waals surface area contributed by atoms with Gasteiger partial charge in [0, 0.05) is 12.1 Å². The number of hydrogen-bond acceptors (Lipinski definition) is 4. The Kier molecular flexibility index (Phi) is 10.1. The Morgan fingerprint density at radius 2 is 1.05 bits per heavy atom. The number of H-pyrrole nitrogens is 2. The molecule has 22 heavy (non-hydrogen) atoms. The van der Waals surface area contributed by atoms with Gasteiger partial charge >= 0.3 is 0 Å². The van der Waals surface area contributed by atoms with E-state index < -0.39 is 4.30 Å². The number of halogens is 5. The number of aromatic amines is 2. The first-order valence-corrected chi connectivity index (χ1v) is 7.27. The summed E-state index contributed by atoms with van der Waals surface area (Å²) < 4.78 is -0.750. The van der Waals surface area contributed by atoms with Crippen molar-refractivity contribution in [1.29, 1.82) is 0 Å². The molecule has 0 saturated heterocycles. The number of hydrogen-bond donors (Lipinski definition) is 4. The van der Waals surface area contributed by atoms with Crippen LogP contribution in [0.25, 0.3) is 0 Å². The molecule has 0 bridgehead atoms. The first-order chi connectivity index (χ1) is 10.1. The number of pyridine rings is 2. The second kappa shape index (κ2) is 10.6. The molecule has 4 N–H and O–H groups in total. The zero-order valence-electron chi connectivity index (χ0n) is 10.5. The molecule has 0 radical (unpaired) electrons. The Bertz CT molecular complexity index is 641. The highest BCUT2D eigenvalue weighted by Crippen LogP contribution is 2.16. The lowest BCUT2D eigenvalue weighted by atomic mass is 10.5. The van der Waals surface area contributed by atoms with Crippen molar-refractivity contribution < 1.29 is 10.2 Å². The Morgan fingerprint density at radius 3 is 1.23 bits per heavy atom. The van der Waals surface area contributed by atoms with E-state index in [1.807, 2.05) is 0 Å². The predicted octanol–water partition coefficient (Wildman–Crippen LogP) is 3.45. The fourth-order valence-corrected chi connectivity index (χ4v) is 1.20. The summed E-state index contributed by atoms with van der Waals surface area (Å²) in [6.45, 7) is 0. The molecule has 0 aliphatic carbocycles. The third kappa shape index (κ3) is 9.81. The quantitative estimate of drug-likeness (QED) is 0.394. The van der Waals surface area contributed by atoms with Gasteiger partial charge in [-0.1, -0.05) is 58.0 Å². The molecule has 0 unspecified atom stereocenters. The lowest BCUT2D eigenvalue weighted by Crippen LogP contribution is -2.01. The molecule has 0 amide bonds. The van der Waals surface area contributed by atoms with Crippen molar-refractivity contribution in [2.24, 2.45) is 0 Å². The fourth-order valence-electron chi connectivity index (χ4n) is 0.883. The fraction of sp³-hybridized carbons (Fsp3) is 0.0909. The van der Waals surface area contributed by atoms with Gasteiger partial charge in [-0.25, -0.2) is 0 Å². The van der Waals surface area contributed by atoms with Crippen LogP contribution >= 0.6 is 58.0 Å². The minimum absolute atomic E-state index is 0.0255. The van der Waals surface area contributed by atoms with Crippen molar-refractivity contribution in [1.82, 2.24) is 9.97 Å². The molecule has 2 aromatic heterocycles. The highest BCUT2D eigenvalue weighted by atomic mass is 35.6. The van der Waals surface area contributed by atoms with E-state index in [-0.39, 0.29) is 32.9 Å². The molecule has 2 heterocycles. The highest BCUT2D eigenvalue weighted by Gasteiger charge is 1.95. The van der Waals surface area contributed by atoms with Gasteiger partial charge in [0.2, 0.25) is 11.1 Å². The van der Waals surface area contributed by atoms with Crippen LogP contribution in [0, 0.1) is 0 Å². The van der Waals surface area contributed by atoms with Crippen LogP contribution < -0.4 is 11.1 Å². The van der Waals surface area contributed by atoms with Gasteiger partial charge in [-0.2, -0.15) is 0 Å². The van der Waals surface area contributed by atoms with Crippen molar-refractivity contribution in [3.63, 3.8) is 0 Å². The molecular weight excluding hydrogens is 401 g/mol. The van der Waals surface area contributed by atoms with E-state index >= 15 is 0 Å². The Labute approximate surface area is 149 Å². The van der Waals surface area contributed by atoms with E-state index in [0.717, 1.165) is 0 Å². The van der Waals surface area contributed by atoms with E-state index in [1.165, 1.54) is 24.3 Å². The van der Waals surface area contributed by atoms with Crippen molar-refractivity contribution in [3.05, 3.63) is 55.3 Å². The predicted molar refractivity (Wildman–Crippen MR) is 88.8 cm³/mol. The number of aromatic hydroxyl groups is 2. The standard InChI is InChI=1S/2C5H4ClNO2.CHCl3/c2*6-5-3(8)1-2-4(9)7-5;2-1(3)4/h2*1-2,8H,(H,7,9);1H. The summed E-state index contributed by atoms with van der Waals surface area (Å²) in [5.41, 5.74) is -0.643. The first-order valence-electron chi connectivity index (χ1n) is 5.21. The maximum absolute atomic E-state index is 10.4. The molecule has 6 nitrogen and oxygen atoms in total. The molecule has 11 heteroatoms. The van der Waals surface area contributed by atoms with Gasteiger partial charge in [0.25, 0.3) is 0 Å². The summed E-state index contributed by atoms with van der Waals surface area (Å²) in [5.74, 6) is -0.229. The molecule has 2 aromatic rings. The zero-order chi connectivity index (χ0) is 17.3. The Morgan fingerprint density at radius 1 is 0.773 bits per heavy atom. The van der Waals surface area contributed by atoms with Crippen LogP contribution in [-0.2, 0) is 0 Å². The number of aromatic nitrogens is 2. The summed E-state index contributed by atoms with van der Waals surface area (Å²) in [4.78, 5) is 25.2. The molecule has 0 saturated carbocycles. The van der Waals surface area contributed by atoms with E-state index in [9.17, 15) is 9.59 Å².